The number of imidazole rings is 1. The van der Waals surface area contributed by atoms with E-state index in [9.17, 15) is 0 Å². The second-order valence-corrected chi connectivity index (χ2v) is 5.03. The highest BCUT2D eigenvalue weighted by Gasteiger charge is 2.17. The Morgan fingerprint density at radius 3 is 3.05 bits per heavy atom. The first-order valence-electron chi connectivity index (χ1n) is 7.03. The van der Waals surface area contributed by atoms with E-state index in [1.54, 1.807) is 12.5 Å². The van der Waals surface area contributed by atoms with Crippen LogP contribution in [0.25, 0.3) is 16.9 Å². The van der Waals surface area contributed by atoms with Gasteiger partial charge in [-0.1, -0.05) is 12.1 Å². The molecule has 4 rings (SSSR count). The zero-order valence-electron chi connectivity index (χ0n) is 11.4. The Balaban J connectivity index is 1.68. The topological polar surface area (TPSA) is 64.9 Å². The Labute approximate surface area is 121 Å². The maximum Gasteiger partial charge on any atom is 0.318 e. The number of hydrogen-bond donors (Lipinski definition) is 1. The van der Waals surface area contributed by atoms with Crippen LogP contribution in [0.4, 0.5) is 0 Å². The van der Waals surface area contributed by atoms with E-state index in [1.807, 2.05) is 34.9 Å². The van der Waals surface area contributed by atoms with Crippen LogP contribution in [-0.2, 0) is 0 Å². The molecule has 1 aliphatic heterocycles. The number of hydrogen-bond acceptors (Lipinski definition) is 5. The predicted octanol–water partition coefficient (Wildman–Crippen LogP) is 1.56. The van der Waals surface area contributed by atoms with Crippen LogP contribution in [0.5, 0.6) is 6.01 Å². The number of ether oxygens (including phenoxy) is 1. The van der Waals surface area contributed by atoms with Crippen molar-refractivity contribution in [2.45, 2.75) is 12.5 Å². The molecule has 106 valence electrons. The van der Waals surface area contributed by atoms with Crippen molar-refractivity contribution in [2.75, 3.05) is 13.1 Å². The summed E-state index contributed by atoms with van der Waals surface area (Å²) in [4.78, 5) is 13.1. The van der Waals surface area contributed by atoms with Gasteiger partial charge in [-0.3, -0.25) is 4.57 Å². The van der Waals surface area contributed by atoms with Gasteiger partial charge in [-0.25, -0.2) is 9.97 Å². The van der Waals surface area contributed by atoms with Crippen molar-refractivity contribution < 1.29 is 4.74 Å². The molecule has 1 saturated heterocycles. The van der Waals surface area contributed by atoms with Gasteiger partial charge < -0.3 is 10.1 Å². The molecule has 6 heteroatoms. The second kappa shape index (κ2) is 5.14. The normalized spacial score (nSPS) is 18.2. The molecule has 2 aromatic heterocycles. The summed E-state index contributed by atoms with van der Waals surface area (Å²) in [5.41, 5.74) is 1.96. The molecule has 6 nitrogen and oxygen atoms in total. The van der Waals surface area contributed by atoms with Crippen LogP contribution in [0.2, 0.25) is 0 Å². The Kier molecular flexibility index (Phi) is 3.01. The van der Waals surface area contributed by atoms with Crippen molar-refractivity contribution in [3.05, 3.63) is 42.9 Å². The third kappa shape index (κ3) is 2.34. The van der Waals surface area contributed by atoms with Crippen molar-refractivity contribution in [3.8, 4) is 11.8 Å². The molecular weight excluding hydrogens is 266 g/mol. The minimum Gasteiger partial charge on any atom is -0.459 e. The summed E-state index contributed by atoms with van der Waals surface area (Å²) in [7, 11) is 0. The fraction of sp³-hybridized carbons (Fsp3) is 0.267. The number of nitrogens with zero attached hydrogens (tertiary/aromatic N) is 4. The maximum atomic E-state index is 5.81. The first-order valence-corrected chi connectivity index (χ1v) is 7.03. The molecule has 1 unspecified atom stereocenters. The lowest BCUT2D eigenvalue weighted by molar-refractivity contribution is 0.204. The molecular formula is C15H15N5O. The lowest BCUT2D eigenvalue weighted by atomic mass is 10.3. The van der Waals surface area contributed by atoms with Crippen molar-refractivity contribution in [1.29, 1.82) is 0 Å². The molecule has 1 N–H and O–H groups in total. The van der Waals surface area contributed by atoms with Crippen LogP contribution >= 0.6 is 0 Å². The van der Waals surface area contributed by atoms with Gasteiger partial charge >= 0.3 is 6.01 Å². The smallest absolute Gasteiger partial charge is 0.318 e. The van der Waals surface area contributed by atoms with Crippen LogP contribution in [0, 0.1) is 0 Å². The van der Waals surface area contributed by atoms with Crippen LogP contribution in [0.1, 0.15) is 6.42 Å². The average molecular weight is 281 g/mol. The molecule has 1 fully saturated rings. The van der Waals surface area contributed by atoms with E-state index in [1.165, 1.54) is 0 Å². The molecule has 1 aliphatic rings. The van der Waals surface area contributed by atoms with E-state index < -0.39 is 0 Å². The predicted molar refractivity (Wildman–Crippen MR) is 78.6 cm³/mol. The highest BCUT2D eigenvalue weighted by molar-refractivity contribution is 5.76. The van der Waals surface area contributed by atoms with Gasteiger partial charge in [0.2, 0.25) is 0 Å². The van der Waals surface area contributed by atoms with E-state index >= 15 is 0 Å². The van der Waals surface area contributed by atoms with Gasteiger partial charge in [0.15, 0.2) is 0 Å². The number of rotatable bonds is 3. The van der Waals surface area contributed by atoms with Crippen LogP contribution in [0.15, 0.2) is 42.9 Å². The molecule has 0 amide bonds. The van der Waals surface area contributed by atoms with Crippen molar-refractivity contribution in [1.82, 2.24) is 24.8 Å². The van der Waals surface area contributed by atoms with Gasteiger partial charge in [0.1, 0.15) is 18.2 Å². The molecule has 0 radical (unpaired) electrons. The van der Waals surface area contributed by atoms with Gasteiger partial charge in [0.05, 0.1) is 11.0 Å². The molecule has 0 saturated carbocycles. The van der Waals surface area contributed by atoms with Crippen LogP contribution < -0.4 is 10.1 Å². The van der Waals surface area contributed by atoms with Crippen molar-refractivity contribution in [2.24, 2.45) is 0 Å². The van der Waals surface area contributed by atoms with Gasteiger partial charge in [0, 0.05) is 18.8 Å². The summed E-state index contributed by atoms with van der Waals surface area (Å²) in [5, 5.41) is 3.26. The maximum absolute atomic E-state index is 5.81. The Morgan fingerprint density at radius 2 is 2.14 bits per heavy atom. The minimum atomic E-state index is 0.153. The monoisotopic (exact) mass is 281 g/mol. The summed E-state index contributed by atoms with van der Waals surface area (Å²) in [6.45, 7) is 1.83. The van der Waals surface area contributed by atoms with Gasteiger partial charge in [-0.15, -0.1) is 0 Å². The van der Waals surface area contributed by atoms with E-state index in [4.69, 9.17) is 4.74 Å². The zero-order valence-corrected chi connectivity index (χ0v) is 11.4. The van der Waals surface area contributed by atoms with Crippen molar-refractivity contribution >= 4 is 11.0 Å². The third-order valence-electron chi connectivity index (χ3n) is 3.61. The standard InChI is InChI=1S/C15H15N5O/c1-2-4-13-12(3-1)18-10-20(13)14-6-8-17-15(19-14)21-11-5-7-16-9-11/h1-4,6,8,10-11,16H,5,7,9H2. The van der Waals surface area contributed by atoms with E-state index in [-0.39, 0.29) is 6.10 Å². The van der Waals surface area contributed by atoms with Gasteiger partial charge in [-0.2, -0.15) is 4.98 Å². The first-order chi connectivity index (χ1) is 10.4. The quantitative estimate of drug-likeness (QED) is 0.789. The molecule has 0 bridgehead atoms. The number of fused-ring (bicyclic) bond motifs is 1. The molecule has 0 aliphatic carbocycles. The Bertz CT molecular complexity index is 763. The number of benzene rings is 1. The molecule has 0 spiro atoms. The van der Waals surface area contributed by atoms with E-state index in [0.717, 1.165) is 36.4 Å². The van der Waals surface area contributed by atoms with Gasteiger partial charge in [0.25, 0.3) is 0 Å². The summed E-state index contributed by atoms with van der Waals surface area (Å²) < 4.78 is 7.75. The zero-order chi connectivity index (χ0) is 14.1. The average Bonchev–Trinajstić information content (AvgIpc) is 3.16. The van der Waals surface area contributed by atoms with E-state index in [2.05, 4.69) is 20.3 Å². The molecule has 21 heavy (non-hydrogen) atoms. The Morgan fingerprint density at radius 1 is 1.19 bits per heavy atom. The van der Waals surface area contributed by atoms with E-state index in [0.29, 0.717) is 6.01 Å². The third-order valence-corrected chi connectivity index (χ3v) is 3.61. The molecule has 1 atom stereocenters. The summed E-state index contributed by atoms with van der Waals surface area (Å²) >= 11 is 0. The SMILES string of the molecule is c1ccc2c(c1)ncn2-c1ccnc(OC2CCNC2)n1. The van der Waals surface area contributed by atoms with Crippen LogP contribution in [-0.4, -0.2) is 38.7 Å². The fourth-order valence-electron chi connectivity index (χ4n) is 2.54. The highest BCUT2D eigenvalue weighted by Crippen LogP contribution is 2.18. The first kappa shape index (κ1) is 12.3. The molecule has 1 aromatic carbocycles. The largest absolute Gasteiger partial charge is 0.459 e. The number of para-hydroxylation sites is 2. The lowest BCUT2D eigenvalue weighted by Crippen LogP contribution is -2.20. The minimum absolute atomic E-state index is 0.153. The fourth-order valence-corrected chi connectivity index (χ4v) is 2.54. The summed E-state index contributed by atoms with van der Waals surface area (Å²) in [6.07, 6.45) is 4.63. The molecule has 3 aromatic rings. The summed E-state index contributed by atoms with van der Waals surface area (Å²) in [6, 6.07) is 10.2. The number of nitrogens with one attached hydrogen (secondary N) is 1. The Hall–Kier alpha value is -2.47. The van der Waals surface area contributed by atoms with Crippen molar-refractivity contribution in [3.63, 3.8) is 0 Å². The number of aromatic nitrogens is 4. The lowest BCUT2D eigenvalue weighted by Gasteiger charge is -2.11. The second-order valence-electron chi connectivity index (χ2n) is 5.03. The summed E-state index contributed by atoms with van der Waals surface area (Å²) in [5.74, 6) is 0.764. The highest BCUT2D eigenvalue weighted by atomic mass is 16.5. The van der Waals surface area contributed by atoms with Gasteiger partial charge in [-0.05, 0) is 25.1 Å². The molecule has 3 heterocycles. The van der Waals surface area contributed by atoms with Crippen LogP contribution in [0.3, 0.4) is 0 Å².